The van der Waals surface area contributed by atoms with Crippen LogP contribution in [0.5, 0.6) is 0 Å². The molecule has 0 bridgehead atoms. The summed E-state index contributed by atoms with van der Waals surface area (Å²) in [7, 11) is 0. The van der Waals surface area contributed by atoms with E-state index in [1.807, 2.05) is 12.1 Å². The van der Waals surface area contributed by atoms with E-state index in [1.165, 1.54) is 6.20 Å². The quantitative estimate of drug-likeness (QED) is 0.688. The summed E-state index contributed by atoms with van der Waals surface area (Å²) in [4.78, 5) is 19.1. The van der Waals surface area contributed by atoms with Crippen LogP contribution in [-0.4, -0.2) is 47.5 Å². The molecule has 0 aromatic carbocycles. The zero-order chi connectivity index (χ0) is 13.4. The molecule has 3 aromatic heterocycles. The van der Waals surface area contributed by atoms with Crippen molar-refractivity contribution < 1.29 is 9.90 Å². The summed E-state index contributed by atoms with van der Waals surface area (Å²) in [5.74, 6) is -0.994. The molecule has 0 spiro atoms. The van der Waals surface area contributed by atoms with Gasteiger partial charge in [-0.25, -0.2) is 0 Å². The molecule has 3 aromatic rings. The second-order valence-electron chi connectivity index (χ2n) is 3.90. The Kier molecular flexibility index (Phi) is 2.80. The van der Waals surface area contributed by atoms with E-state index in [9.17, 15) is 4.79 Å². The predicted molar refractivity (Wildman–Crippen MR) is 68.6 cm³/mol. The number of hydrogen-bond donors (Lipinski definition) is 1. The van der Waals surface area contributed by atoms with Crippen molar-refractivity contribution in [3.8, 4) is 11.1 Å². The SMILES string of the molecule is O=C(O)c1cncc(-c2ccn3nc([As])nc3c2)c1. The second kappa shape index (κ2) is 4.48. The summed E-state index contributed by atoms with van der Waals surface area (Å²) >= 11 is 2.28. The summed E-state index contributed by atoms with van der Waals surface area (Å²) in [5.41, 5.74) is 2.45. The van der Waals surface area contributed by atoms with Crippen LogP contribution in [0.15, 0.2) is 36.8 Å². The van der Waals surface area contributed by atoms with Crippen LogP contribution in [0.3, 0.4) is 0 Å². The van der Waals surface area contributed by atoms with Crippen LogP contribution in [0.2, 0.25) is 0 Å². The number of pyridine rings is 2. The zero-order valence-corrected chi connectivity index (χ0v) is 11.4. The molecule has 7 heteroatoms. The Morgan fingerprint density at radius 3 is 2.89 bits per heavy atom. The Morgan fingerprint density at radius 2 is 2.11 bits per heavy atom. The first kappa shape index (κ1) is 11.9. The molecule has 2 radical (unpaired) electrons. The third-order valence-corrected chi connectivity index (χ3v) is 3.04. The van der Waals surface area contributed by atoms with Gasteiger partial charge in [0.05, 0.1) is 0 Å². The predicted octanol–water partition coefficient (Wildman–Crippen LogP) is 0.283. The molecule has 0 saturated carbocycles. The third kappa shape index (κ3) is 2.22. The molecule has 6 nitrogen and oxygen atoms in total. The van der Waals surface area contributed by atoms with Crippen molar-refractivity contribution in [3.05, 3.63) is 42.4 Å². The van der Waals surface area contributed by atoms with E-state index in [2.05, 4.69) is 31.9 Å². The van der Waals surface area contributed by atoms with Gasteiger partial charge >= 0.3 is 116 Å². The van der Waals surface area contributed by atoms with Crippen LogP contribution >= 0.6 is 0 Å². The number of carboxylic acids is 1. The molecule has 0 atom stereocenters. The van der Waals surface area contributed by atoms with Crippen molar-refractivity contribution in [3.63, 3.8) is 0 Å². The Morgan fingerprint density at radius 1 is 1.26 bits per heavy atom. The van der Waals surface area contributed by atoms with E-state index < -0.39 is 5.97 Å². The molecular weight excluding hydrogens is 307 g/mol. The van der Waals surface area contributed by atoms with E-state index >= 15 is 0 Å². The van der Waals surface area contributed by atoms with Gasteiger partial charge in [-0.3, -0.25) is 0 Å². The molecule has 92 valence electrons. The average molecular weight is 314 g/mol. The number of carbonyl (C=O) groups is 1. The van der Waals surface area contributed by atoms with Gasteiger partial charge in [-0.1, -0.05) is 0 Å². The van der Waals surface area contributed by atoms with Gasteiger partial charge in [-0.2, -0.15) is 0 Å². The van der Waals surface area contributed by atoms with Crippen LogP contribution in [0, 0.1) is 0 Å². The van der Waals surface area contributed by atoms with Gasteiger partial charge in [0.2, 0.25) is 0 Å². The van der Waals surface area contributed by atoms with Gasteiger partial charge in [0.1, 0.15) is 0 Å². The van der Waals surface area contributed by atoms with Crippen molar-refractivity contribution in [2.45, 2.75) is 0 Å². The van der Waals surface area contributed by atoms with Crippen LogP contribution in [0.1, 0.15) is 10.4 Å². The molecule has 0 unspecified atom stereocenters. The molecular formula is C12H7AsN4O2. The van der Waals surface area contributed by atoms with Gasteiger partial charge in [-0.15, -0.1) is 0 Å². The standard InChI is InChI=1S/C12H7AsN4O2/c13-12-15-10-4-7(1-2-17(10)16-12)8-3-9(11(18)19)6-14-5-8/h1-6H,(H,18,19). The Labute approximate surface area is 116 Å². The number of aromatic carboxylic acids is 1. The first-order valence-electron chi connectivity index (χ1n) is 5.37. The zero-order valence-electron chi connectivity index (χ0n) is 9.56. The van der Waals surface area contributed by atoms with Crippen molar-refractivity contribution in [1.82, 2.24) is 19.6 Å². The summed E-state index contributed by atoms with van der Waals surface area (Å²) in [6.45, 7) is 0. The van der Waals surface area contributed by atoms with Crippen molar-refractivity contribution in [1.29, 1.82) is 0 Å². The van der Waals surface area contributed by atoms with Gasteiger partial charge in [0, 0.05) is 0 Å². The van der Waals surface area contributed by atoms with E-state index in [1.54, 1.807) is 23.0 Å². The minimum atomic E-state index is -0.994. The molecule has 3 heterocycles. The summed E-state index contributed by atoms with van der Waals surface area (Å²) in [6, 6.07) is 5.27. The molecule has 0 amide bonds. The molecule has 3 rings (SSSR count). The molecule has 19 heavy (non-hydrogen) atoms. The number of fused-ring (bicyclic) bond motifs is 1. The van der Waals surface area contributed by atoms with Gasteiger partial charge in [0.15, 0.2) is 0 Å². The number of hydrogen-bond acceptors (Lipinski definition) is 4. The topological polar surface area (TPSA) is 80.4 Å². The van der Waals surface area contributed by atoms with Crippen LogP contribution in [0.25, 0.3) is 16.8 Å². The van der Waals surface area contributed by atoms with E-state index in [0.29, 0.717) is 10.3 Å². The normalized spacial score (nSPS) is 10.8. The fraction of sp³-hybridized carbons (Fsp3) is 0. The van der Waals surface area contributed by atoms with E-state index in [0.717, 1.165) is 11.1 Å². The fourth-order valence-electron chi connectivity index (χ4n) is 1.76. The van der Waals surface area contributed by atoms with E-state index in [-0.39, 0.29) is 5.56 Å². The minimum absolute atomic E-state index is 0.159. The number of aromatic nitrogens is 4. The van der Waals surface area contributed by atoms with Crippen LogP contribution < -0.4 is 4.61 Å². The summed E-state index contributed by atoms with van der Waals surface area (Å²) in [6.07, 6.45) is 4.72. The number of carboxylic acid groups (broad SMARTS) is 1. The molecule has 0 fully saturated rings. The maximum absolute atomic E-state index is 10.9. The summed E-state index contributed by atoms with van der Waals surface area (Å²) < 4.78 is 2.29. The average Bonchev–Trinajstić information content (AvgIpc) is 2.77. The molecule has 1 N–H and O–H groups in total. The van der Waals surface area contributed by atoms with Gasteiger partial charge < -0.3 is 0 Å². The van der Waals surface area contributed by atoms with Crippen molar-refractivity contribution >= 4 is 33.1 Å². The molecule has 0 aliphatic rings. The monoisotopic (exact) mass is 314 g/mol. The fourth-order valence-corrected chi connectivity index (χ4v) is 2.18. The number of nitrogens with zero attached hydrogens (tertiary/aromatic N) is 4. The second-order valence-corrected chi connectivity index (χ2v) is 4.74. The Bertz CT molecular complexity index is 784. The van der Waals surface area contributed by atoms with Crippen LogP contribution in [0.4, 0.5) is 0 Å². The third-order valence-electron chi connectivity index (χ3n) is 2.64. The molecule has 0 aliphatic heterocycles. The van der Waals surface area contributed by atoms with Crippen molar-refractivity contribution in [2.24, 2.45) is 0 Å². The summed E-state index contributed by atoms with van der Waals surface area (Å²) in [5, 5.41) is 13.1. The first-order chi connectivity index (χ1) is 9.13. The number of rotatable bonds is 2. The molecule has 0 saturated heterocycles. The van der Waals surface area contributed by atoms with E-state index in [4.69, 9.17) is 5.11 Å². The van der Waals surface area contributed by atoms with Gasteiger partial charge in [-0.05, 0) is 0 Å². The van der Waals surface area contributed by atoms with Crippen LogP contribution in [-0.2, 0) is 0 Å². The Balaban J connectivity index is 2.12. The maximum atomic E-state index is 10.9. The van der Waals surface area contributed by atoms with Gasteiger partial charge in [0.25, 0.3) is 0 Å². The molecule has 0 aliphatic carbocycles. The first-order valence-corrected chi connectivity index (χ1v) is 6.31. The van der Waals surface area contributed by atoms with Crippen molar-refractivity contribution in [2.75, 3.05) is 0 Å². The Hall–Kier alpha value is -2.20.